The van der Waals surface area contributed by atoms with Gasteiger partial charge in [0.2, 0.25) is 0 Å². The van der Waals surface area contributed by atoms with Gasteiger partial charge in [-0.15, -0.1) is 0 Å². The second kappa shape index (κ2) is 6.11. The molecule has 0 unspecified atom stereocenters. The lowest BCUT2D eigenvalue weighted by Gasteiger charge is -2.18. The van der Waals surface area contributed by atoms with Crippen molar-refractivity contribution in [3.63, 3.8) is 0 Å². The zero-order chi connectivity index (χ0) is 14.8. The average molecular weight is 324 g/mol. The number of carbonyl (C=O) groups is 1. The topological polar surface area (TPSA) is 54.5 Å². The van der Waals surface area contributed by atoms with E-state index in [0.29, 0.717) is 12.1 Å². The Morgan fingerprint density at radius 2 is 1.95 bits per heavy atom. The van der Waals surface area contributed by atoms with Crippen molar-refractivity contribution < 1.29 is 13.2 Å². The molecule has 0 aromatic heterocycles. The van der Waals surface area contributed by atoms with Gasteiger partial charge in [0.1, 0.15) is 0 Å². The standard InChI is InChI=1S/C12H15Cl2NO3S/c1-4-5-15(3)12(16)10-6-9(13)7-11(8(10)2)19(14,17)18/h6-7H,4-5H2,1-3H3. The van der Waals surface area contributed by atoms with E-state index < -0.39 is 9.05 Å². The number of benzene rings is 1. The minimum atomic E-state index is -3.93. The fourth-order valence-corrected chi connectivity index (χ4v) is 3.28. The molecule has 7 heteroatoms. The highest BCUT2D eigenvalue weighted by molar-refractivity contribution is 8.13. The Morgan fingerprint density at radius 1 is 1.37 bits per heavy atom. The Labute approximate surface area is 122 Å². The maximum Gasteiger partial charge on any atom is 0.261 e. The van der Waals surface area contributed by atoms with Crippen molar-refractivity contribution in [3.05, 3.63) is 28.3 Å². The van der Waals surface area contributed by atoms with E-state index in [4.69, 9.17) is 22.3 Å². The van der Waals surface area contributed by atoms with Gasteiger partial charge in [-0.25, -0.2) is 8.42 Å². The molecule has 0 bridgehead atoms. The lowest BCUT2D eigenvalue weighted by atomic mass is 10.1. The number of amides is 1. The summed E-state index contributed by atoms with van der Waals surface area (Å²) in [6.45, 7) is 4.07. The van der Waals surface area contributed by atoms with Crippen LogP contribution in [0, 0.1) is 6.92 Å². The van der Waals surface area contributed by atoms with Crippen LogP contribution < -0.4 is 0 Å². The summed E-state index contributed by atoms with van der Waals surface area (Å²) in [5.41, 5.74) is 0.565. The van der Waals surface area contributed by atoms with Gasteiger partial charge in [0.15, 0.2) is 0 Å². The van der Waals surface area contributed by atoms with Gasteiger partial charge >= 0.3 is 0 Å². The lowest BCUT2D eigenvalue weighted by Crippen LogP contribution is -2.28. The maximum atomic E-state index is 12.2. The first kappa shape index (κ1) is 16.3. The van der Waals surface area contributed by atoms with Crippen LogP contribution in [0.4, 0.5) is 0 Å². The average Bonchev–Trinajstić information content (AvgIpc) is 2.29. The largest absolute Gasteiger partial charge is 0.342 e. The van der Waals surface area contributed by atoms with Crippen LogP contribution in [0.5, 0.6) is 0 Å². The third kappa shape index (κ3) is 3.84. The van der Waals surface area contributed by atoms with Crippen LogP contribution in [-0.2, 0) is 9.05 Å². The molecule has 19 heavy (non-hydrogen) atoms. The van der Waals surface area contributed by atoms with E-state index in [9.17, 15) is 13.2 Å². The summed E-state index contributed by atoms with van der Waals surface area (Å²) in [6, 6.07) is 2.70. The second-order valence-electron chi connectivity index (χ2n) is 4.24. The van der Waals surface area contributed by atoms with Crippen molar-refractivity contribution >= 4 is 37.2 Å². The number of nitrogens with zero attached hydrogens (tertiary/aromatic N) is 1. The highest BCUT2D eigenvalue weighted by Crippen LogP contribution is 2.27. The molecule has 1 aromatic carbocycles. The van der Waals surface area contributed by atoms with Crippen LogP contribution in [0.2, 0.25) is 5.02 Å². The highest BCUT2D eigenvalue weighted by atomic mass is 35.7. The molecule has 0 aliphatic heterocycles. The van der Waals surface area contributed by atoms with E-state index in [-0.39, 0.29) is 21.4 Å². The predicted octanol–water partition coefficient (Wildman–Crippen LogP) is 3.06. The third-order valence-corrected chi connectivity index (χ3v) is 4.39. The first-order valence-corrected chi connectivity index (χ1v) is 8.37. The Hall–Kier alpha value is -0.780. The van der Waals surface area contributed by atoms with Crippen LogP contribution in [0.25, 0.3) is 0 Å². The fourth-order valence-electron chi connectivity index (χ4n) is 1.77. The zero-order valence-electron chi connectivity index (χ0n) is 10.9. The zero-order valence-corrected chi connectivity index (χ0v) is 13.2. The van der Waals surface area contributed by atoms with Gasteiger partial charge in [0.25, 0.3) is 15.0 Å². The molecule has 0 heterocycles. The van der Waals surface area contributed by atoms with E-state index >= 15 is 0 Å². The molecule has 0 fully saturated rings. The molecule has 0 saturated carbocycles. The molecule has 0 saturated heterocycles. The summed E-state index contributed by atoms with van der Waals surface area (Å²) >= 11 is 5.86. The minimum absolute atomic E-state index is 0.130. The second-order valence-corrected chi connectivity index (χ2v) is 7.21. The lowest BCUT2D eigenvalue weighted by molar-refractivity contribution is 0.0794. The van der Waals surface area contributed by atoms with Crippen LogP contribution >= 0.6 is 22.3 Å². The molecule has 0 N–H and O–H groups in total. The molecule has 0 aliphatic carbocycles. The van der Waals surface area contributed by atoms with E-state index in [1.165, 1.54) is 17.0 Å². The van der Waals surface area contributed by atoms with Crippen LogP contribution in [0.3, 0.4) is 0 Å². The number of carbonyl (C=O) groups excluding carboxylic acids is 1. The summed E-state index contributed by atoms with van der Waals surface area (Å²) < 4.78 is 22.9. The van der Waals surface area contributed by atoms with Crippen molar-refractivity contribution in [3.8, 4) is 0 Å². The quantitative estimate of drug-likeness (QED) is 0.800. The Balaban J connectivity index is 3.38. The predicted molar refractivity (Wildman–Crippen MR) is 76.5 cm³/mol. The first-order chi connectivity index (χ1) is 8.68. The molecule has 0 radical (unpaired) electrons. The monoisotopic (exact) mass is 323 g/mol. The summed E-state index contributed by atoms with van der Waals surface area (Å²) in [5.74, 6) is -0.275. The van der Waals surface area contributed by atoms with Crippen molar-refractivity contribution in [2.75, 3.05) is 13.6 Å². The van der Waals surface area contributed by atoms with Crippen LogP contribution in [0.1, 0.15) is 29.3 Å². The molecular weight excluding hydrogens is 309 g/mol. The maximum absolute atomic E-state index is 12.2. The first-order valence-electron chi connectivity index (χ1n) is 5.68. The third-order valence-electron chi connectivity index (χ3n) is 2.72. The summed E-state index contributed by atoms with van der Waals surface area (Å²) in [7, 11) is 3.06. The van der Waals surface area contributed by atoms with Gasteiger partial charge in [-0.05, 0) is 31.0 Å². The Bertz CT molecular complexity index is 599. The molecule has 4 nitrogen and oxygen atoms in total. The van der Waals surface area contributed by atoms with E-state index in [0.717, 1.165) is 6.42 Å². The van der Waals surface area contributed by atoms with Gasteiger partial charge in [-0.2, -0.15) is 0 Å². The van der Waals surface area contributed by atoms with Crippen molar-refractivity contribution in [1.29, 1.82) is 0 Å². The van der Waals surface area contributed by atoms with Gasteiger partial charge < -0.3 is 4.90 Å². The minimum Gasteiger partial charge on any atom is -0.342 e. The number of hydrogen-bond donors (Lipinski definition) is 0. The van der Waals surface area contributed by atoms with Gasteiger partial charge in [-0.3, -0.25) is 4.79 Å². The van der Waals surface area contributed by atoms with Crippen LogP contribution in [0.15, 0.2) is 17.0 Å². The number of hydrogen-bond acceptors (Lipinski definition) is 3. The molecular formula is C12H15Cl2NO3S. The molecule has 0 spiro atoms. The molecule has 1 rings (SSSR count). The smallest absolute Gasteiger partial charge is 0.261 e. The van der Waals surface area contributed by atoms with Crippen molar-refractivity contribution in [1.82, 2.24) is 4.90 Å². The number of halogens is 2. The molecule has 1 amide bonds. The molecule has 0 atom stereocenters. The fraction of sp³-hybridized carbons (Fsp3) is 0.417. The van der Waals surface area contributed by atoms with Gasteiger partial charge in [0, 0.05) is 34.9 Å². The number of rotatable bonds is 4. The molecule has 1 aromatic rings. The molecule has 0 aliphatic rings. The van der Waals surface area contributed by atoms with Gasteiger partial charge in [0.05, 0.1) is 4.90 Å². The summed E-state index contributed by atoms with van der Waals surface area (Å²) in [4.78, 5) is 13.6. The normalized spacial score (nSPS) is 11.4. The highest BCUT2D eigenvalue weighted by Gasteiger charge is 2.22. The summed E-state index contributed by atoms with van der Waals surface area (Å²) in [6.07, 6.45) is 0.808. The van der Waals surface area contributed by atoms with Crippen molar-refractivity contribution in [2.45, 2.75) is 25.2 Å². The SMILES string of the molecule is CCCN(C)C(=O)c1cc(Cl)cc(S(=O)(=O)Cl)c1C. The Kier molecular flexibility index (Phi) is 5.24. The summed E-state index contributed by atoms with van der Waals surface area (Å²) in [5, 5.41) is 0.165. The molecule has 106 valence electrons. The van der Waals surface area contributed by atoms with E-state index in [1.54, 1.807) is 14.0 Å². The van der Waals surface area contributed by atoms with Crippen LogP contribution in [-0.4, -0.2) is 32.8 Å². The van der Waals surface area contributed by atoms with Gasteiger partial charge in [-0.1, -0.05) is 18.5 Å². The van der Waals surface area contributed by atoms with E-state index in [1.807, 2.05) is 6.92 Å². The van der Waals surface area contributed by atoms with E-state index in [2.05, 4.69) is 0 Å². The Morgan fingerprint density at radius 3 is 2.42 bits per heavy atom. The van der Waals surface area contributed by atoms with Crippen molar-refractivity contribution in [2.24, 2.45) is 0 Å².